The van der Waals surface area contributed by atoms with Gasteiger partial charge in [-0.3, -0.25) is 0 Å². The monoisotopic (exact) mass is 221 g/mol. The van der Waals surface area contributed by atoms with Gasteiger partial charge in [-0.15, -0.1) is 0 Å². The second-order valence-electron chi connectivity index (χ2n) is 3.94. The van der Waals surface area contributed by atoms with Gasteiger partial charge in [0, 0.05) is 24.0 Å². The number of nitrogens with two attached hydrogens (primary N) is 1. The Morgan fingerprint density at radius 3 is 2.69 bits per heavy atom. The minimum absolute atomic E-state index is 0.0944. The normalized spacial score (nSPS) is 10.2. The molecular weight excluding hydrogens is 202 g/mol. The molecule has 0 heterocycles. The summed E-state index contributed by atoms with van der Waals surface area (Å²) in [5.41, 5.74) is 7.01. The van der Waals surface area contributed by atoms with Gasteiger partial charge >= 0.3 is 6.03 Å². The van der Waals surface area contributed by atoms with E-state index in [1.807, 2.05) is 32.9 Å². The van der Waals surface area contributed by atoms with Crippen molar-refractivity contribution in [2.75, 3.05) is 17.6 Å². The largest absolute Gasteiger partial charge is 0.399 e. The fourth-order valence-electron chi connectivity index (χ4n) is 1.55. The third-order valence-corrected chi connectivity index (χ3v) is 2.36. The van der Waals surface area contributed by atoms with E-state index in [1.54, 1.807) is 17.0 Å². The zero-order valence-electron chi connectivity index (χ0n) is 10.0. The Hall–Kier alpha value is -1.71. The highest BCUT2D eigenvalue weighted by atomic mass is 16.2. The molecule has 0 aliphatic carbocycles. The van der Waals surface area contributed by atoms with E-state index in [0.717, 1.165) is 5.69 Å². The predicted molar refractivity (Wildman–Crippen MR) is 67.4 cm³/mol. The first kappa shape index (κ1) is 12.4. The lowest BCUT2D eigenvalue weighted by Crippen LogP contribution is -2.39. The summed E-state index contributed by atoms with van der Waals surface area (Å²) in [5, 5.41) is 2.82. The molecule has 4 nitrogen and oxygen atoms in total. The maximum absolute atomic E-state index is 11.9. The van der Waals surface area contributed by atoms with E-state index in [4.69, 9.17) is 5.73 Å². The molecule has 88 valence electrons. The van der Waals surface area contributed by atoms with Crippen LogP contribution >= 0.6 is 0 Å². The summed E-state index contributed by atoms with van der Waals surface area (Å²) < 4.78 is 0. The highest BCUT2D eigenvalue weighted by molar-refractivity contribution is 5.89. The van der Waals surface area contributed by atoms with Crippen LogP contribution in [0.1, 0.15) is 20.8 Å². The predicted octanol–water partition coefficient (Wildman–Crippen LogP) is 2.53. The fourth-order valence-corrected chi connectivity index (χ4v) is 1.55. The van der Waals surface area contributed by atoms with Crippen LogP contribution in [0, 0.1) is 0 Å². The summed E-state index contributed by atoms with van der Waals surface area (Å²) >= 11 is 0. The van der Waals surface area contributed by atoms with Gasteiger partial charge in [-0.25, -0.2) is 4.79 Å². The number of amides is 2. The van der Waals surface area contributed by atoms with Crippen LogP contribution in [0.2, 0.25) is 0 Å². The molecule has 2 amide bonds. The van der Waals surface area contributed by atoms with Crippen molar-refractivity contribution in [3.8, 4) is 0 Å². The number of carbonyl (C=O) groups is 1. The second kappa shape index (κ2) is 5.39. The zero-order chi connectivity index (χ0) is 12.1. The van der Waals surface area contributed by atoms with Crippen LogP contribution in [0.15, 0.2) is 24.3 Å². The molecule has 4 heteroatoms. The number of nitrogens with zero attached hydrogens (tertiary/aromatic N) is 1. The quantitative estimate of drug-likeness (QED) is 0.770. The lowest BCUT2D eigenvalue weighted by atomic mass is 10.3. The van der Waals surface area contributed by atoms with Crippen LogP contribution in [-0.2, 0) is 0 Å². The van der Waals surface area contributed by atoms with Crippen LogP contribution < -0.4 is 11.1 Å². The Bertz CT molecular complexity index is 363. The lowest BCUT2D eigenvalue weighted by molar-refractivity contribution is 0.201. The summed E-state index contributed by atoms with van der Waals surface area (Å²) in [6, 6.07) is 7.26. The molecule has 0 radical (unpaired) electrons. The molecule has 0 unspecified atom stereocenters. The molecule has 0 aliphatic rings. The summed E-state index contributed by atoms with van der Waals surface area (Å²) in [7, 11) is 0. The molecule has 0 atom stereocenters. The number of benzene rings is 1. The summed E-state index contributed by atoms with van der Waals surface area (Å²) in [6.45, 7) is 6.62. The Morgan fingerprint density at radius 1 is 1.50 bits per heavy atom. The number of nitrogens with one attached hydrogen (secondary N) is 1. The van der Waals surface area contributed by atoms with E-state index in [0.29, 0.717) is 12.2 Å². The summed E-state index contributed by atoms with van der Waals surface area (Å²) in [6.07, 6.45) is 0. The number of nitrogen functional groups attached to an aromatic ring is 1. The van der Waals surface area contributed by atoms with Crippen molar-refractivity contribution in [2.24, 2.45) is 0 Å². The maximum Gasteiger partial charge on any atom is 0.322 e. The molecule has 0 aliphatic heterocycles. The van der Waals surface area contributed by atoms with Gasteiger partial charge in [0.15, 0.2) is 0 Å². The van der Waals surface area contributed by atoms with E-state index < -0.39 is 0 Å². The molecule has 0 bridgehead atoms. The van der Waals surface area contributed by atoms with Gasteiger partial charge in [0.25, 0.3) is 0 Å². The van der Waals surface area contributed by atoms with Gasteiger partial charge in [0.05, 0.1) is 0 Å². The highest BCUT2D eigenvalue weighted by Crippen LogP contribution is 2.13. The van der Waals surface area contributed by atoms with E-state index in [-0.39, 0.29) is 12.1 Å². The van der Waals surface area contributed by atoms with Crippen molar-refractivity contribution in [3.63, 3.8) is 0 Å². The average molecular weight is 221 g/mol. The Balaban J connectivity index is 2.70. The van der Waals surface area contributed by atoms with Crippen LogP contribution in [-0.4, -0.2) is 23.5 Å². The van der Waals surface area contributed by atoms with Gasteiger partial charge in [-0.1, -0.05) is 6.07 Å². The molecular formula is C12H19N3O. The molecule has 0 saturated heterocycles. The van der Waals surface area contributed by atoms with Crippen molar-refractivity contribution in [1.82, 2.24) is 4.90 Å². The van der Waals surface area contributed by atoms with Crippen molar-refractivity contribution in [2.45, 2.75) is 26.8 Å². The van der Waals surface area contributed by atoms with Gasteiger partial charge in [0.1, 0.15) is 0 Å². The third kappa shape index (κ3) is 3.15. The molecule has 0 aromatic heterocycles. The number of hydrogen-bond donors (Lipinski definition) is 2. The fraction of sp³-hybridized carbons (Fsp3) is 0.417. The summed E-state index contributed by atoms with van der Waals surface area (Å²) in [5.74, 6) is 0. The molecule has 0 fully saturated rings. The van der Waals surface area contributed by atoms with Crippen LogP contribution in [0.5, 0.6) is 0 Å². The lowest BCUT2D eigenvalue weighted by Gasteiger charge is -2.25. The Labute approximate surface area is 96.4 Å². The molecule has 1 aromatic rings. The number of carbonyl (C=O) groups excluding carboxylic acids is 1. The number of urea groups is 1. The van der Waals surface area contributed by atoms with Crippen molar-refractivity contribution < 1.29 is 4.79 Å². The standard InChI is InChI=1S/C12H19N3O/c1-4-15(9(2)3)12(16)14-11-7-5-6-10(13)8-11/h5-9H,4,13H2,1-3H3,(H,14,16). The van der Waals surface area contributed by atoms with Crippen molar-refractivity contribution in [1.29, 1.82) is 0 Å². The maximum atomic E-state index is 11.9. The van der Waals surface area contributed by atoms with Gasteiger partial charge in [-0.2, -0.15) is 0 Å². The van der Waals surface area contributed by atoms with Gasteiger partial charge < -0.3 is 16.0 Å². The van der Waals surface area contributed by atoms with Crippen molar-refractivity contribution >= 4 is 17.4 Å². The number of hydrogen-bond acceptors (Lipinski definition) is 2. The average Bonchev–Trinajstić information content (AvgIpc) is 2.17. The first-order valence-corrected chi connectivity index (χ1v) is 5.47. The third-order valence-electron chi connectivity index (χ3n) is 2.36. The van der Waals surface area contributed by atoms with Crippen LogP contribution in [0.4, 0.5) is 16.2 Å². The minimum Gasteiger partial charge on any atom is -0.399 e. The van der Waals surface area contributed by atoms with Crippen molar-refractivity contribution in [3.05, 3.63) is 24.3 Å². The molecule has 1 rings (SSSR count). The molecule has 0 saturated carbocycles. The van der Waals surface area contributed by atoms with Gasteiger partial charge in [0.2, 0.25) is 0 Å². The molecule has 16 heavy (non-hydrogen) atoms. The zero-order valence-corrected chi connectivity index (χ0v) is 10.0. The topological polar surface area (TPSA) is 58.4 Å². The summed E-state index contributed by atoms with van der Waals surface area (Å²) in [4.78, 5) is 13.6. The van der Waals surface area contributed by atoms with E-state index >= 15 is 0 Å². The van der Waals surface area contributed by atoms with E-state index in [2.05, 4.69) is 5.32 Å². The van der Waals surface area contributed by atoms with Crippen LogP contribution in [0.3, 0.4) is 0 Å². The molecule has 0 spiro atoms. The SMILES string of the molecule is CCN(C(=O)Nc1cccc(N)c1)C(C)C. The minimum atomic E-state index is -0.0944. The first-order chi connectivity index (χ1) is 7.54. The smallest absolute Gasteiger partial charge is 0.322 e. The molecule has 1 aromatic carbocycles. The number of rotatable bonds is 3. The van der Waals surface area contributed by atoms with Crippen LogP contribution in [0.25, 0.3) is 0 Å². The second-order valence-corrected chi connectivity index (χ2v) is 3.94. The first-order valence-electron chi connectivity index (χ1n) is 5.47. The number of anilines is 2. The van der Waals surface area contributed by atoms with E-state index in [9.17, 15) is 4.79 Å². The Morgan fingerprint density at radius 2 is 2.19 bits per heavy atom. The molecule has 3 N–H and O–H groups in total. The van der Waals surface area contributed by atoms with Gasteiger partial charge in [-0.05, 0) is 39.0 Å². The Kier molecular flexibility index (Phi) is 4.17. The van der Waals surface area contributed by atoms with E-state index in [1.165, 1.54) is 0 Å². The highest BCUT2D eigenvalue weighted by Gasteiger charge is 2.14.